The number of aliphatic imine (C=N–C) groups is 1. The highest BCUT2D eigenvalue weighted by atomic mass is 127. The van der Waals surface area contributed by atoms with Gasteiger partial charge < -0.3 is 15.2 Å². The molecule has 2 rings (SSSR count). The number of hydrogen-bond donors (Lipinski definition) is 2. The predicted octanol–water partition coefficient (Wildman–Crippen LogP) is 1.95. The molecule has 20 heavy (non-hydrogen) atoms. The summed E-state index contributed by atoms with van der Waals surface area (Å²) < 4.78 is 5.36. The minimum absolute atomic E-state index is 0. The molecule has 0 radical (unpaired) electrons. The van der Waals surface area contributed by atoms with Crippen molar-refractivity contribution in [1.82, 2.24) is 20.8 Å². The Hall–Kier alpha value is -0.510. The predicted molar refractivity (Wildman–Crippen MR) is 92.7 cm³/mol. The largest absolute Gasteiger partial charge is 0.355 e. The number of hydrogen-bond acceptors (Lipinski definition) is 5. The van der Waals surface area contributed by atoms with Crippen molar-refractivity contribution in [3.05, 3.63) is 11.7 Å². The van der Waals surface area contributed by atoms with Crippen molar-refractivity contribution in [3.8, 4) is 0 Å². The Kier molecular flexibility index (Phi) is 7.07. The molecule has 0 amide bonds. The fourth-order valence-corrected chi connectivity index (χ4v) is 3.28. The lowest BCUT2D eigenvalue weighted by Gasteiger charge is -2.24. The quantitative estimate of drug-likeness (QED) is 0.448. The number of guanidine groups is 1. The zero-order valence-electron chi connectivity index (χ0n) is 12.1. The maximum atomic E-state index is 5.05. The molecule has 1 atom stereocenters. The van der Waals surface area contributed by atoms with Gasteiger partial charge in [0.25, 0.3) is 0 Å². The molecule has 1 saturated heterocycles. The van der Waals surface area contributed by atoms with Crippen molar-refractivity contribution in [1.29, 1.82) is 0 Å². The van der Waals surface area contributed by atoms with Gasteiger partial charge in [0, 0.05) is 18.3 Å². The van der Waals surface area contributed by atoms with E-state index in [0.717, 1.165) is 12.5 Å². The molecule has 1 aromatic heterocycles. The molecule has 0 saturated carbocycles. The third-order valence-electron chi connectivity index (χ3n) is 3.13. The molecule has 1 aliphatic rings. The van der Waals surface area contributed by atoms with Crippen LogP contribution in [-0.4, -0.2) is 40.2 Å². The first kappa shape index (κ1) is 17.5. The molecule has 114 valence electrons. The molecule has 1 unspecified atom stereocenters. The molecule has 2 N–H and O–H groups in total. The van der Waals surface area contributed by atoms with E-state index in [4.69, 9.17) is 4.52 Å². The van der Waals surface area contributed by atoms with Gasteiger partial charge in [0.1, 0.15) is 0 Å². The van der Waals surface area contributed by atoms with E-state index in [1.165, 1.54) is 18.6 Å². The van der Waals surface area contributed by atoms with Crippen LogP contribution in [0.15, 0.2) is 9.52 Å². The SMILES string of the molecule is CN=C(NCc1nc(C)no1)NCC1(C)CCCS1.I. The van der Waals surface area contributed by atoms with Crippen molar-refractivity contribution in [3.63, 3.8) is 0 Å². The van der Waals surface area contributed by atoms with Crippen molar-refractivity contribution < 1.29 is 4.52 Å². The van der Waals surface area contributed by atoms with E-state index in [1.807, 2.05) is 11.8 Å². The topological polar surface area (TPSA) is 75.3 Å². The van der Waals surface area contributed by atoms with E-state index in [9.17, 15) is 0 Å². The molecule has 1 fully saturated rings. The number of thioether (sulfide) groups is 1. The summed E-state index contributed by atoms with van der Waals surface area (Å²) >= 11 is 2.03. The van der Waals surface area contributed by atoms with Gasteiger partial charge in [-0.05, 0) is 32.4 Å². The molecule has 0 bridgehead atoms. The van der Waals surface area contributed by atoms with Gasteiger partial charge in [-0.1, -0.05) is 5.16 Å². The third-order valence-corrected chi connectivity index (χ3v) is 4.67. The molecule has 1 aromatic rings. The summed E-state index contributed by atoms with van der Waals surface area (Å²) in [5.41, 5.74) is 0. The Morgan fingerprint density at radius 1 is 1.50 bits per heavy atom. The van der Waals surface area contributed by atoms with E-state index in [1.54, 1.807) is 14.0 Å². The van der Waals surface area contributed by atoms with E-state index >= 15 is 0 Å². The average Bonchev–Trinajstić information content (AvgIpc) is 2.99. The number of aryl methyl sites for hydroxylation is 1. The highest BCUT2D eigenvalue weighted by Gasteiger charge is 2.29. The summed E-state index contributed by atoms with van der Waals surface area (Å²) in [5.74, 6) is 3.24. The summed E-state index contributed by atoms with van der Waals surface area (Å²) in [7, 11) is 1.76. The number of halogens is 1. The average molecular weight is 411 g/mol. The zero-order valence-corrected chi connectivity index (χ0v) is 15.2. The normalized spacial score (nSPS) is 22.4. The standard InChI is InChI=1S/C12H21N5OS.HI/c1-9-16-10(18-17-9)7-14-11(13-3)15-8-12(2)5-4-6-19-12;/h4-8H2,1-3H3,(H2,13,14,15);1H. The van der Waals surface area contributed by atoms with Crippen LogP contribution in [0.2, 0.25) is 0 Å². The summed E-state index contributed by atoms with van der Waals surface area (Å²) in [4.78, 5) is 8.34. The molecule has 0 aliphatic carbocycles. The number of rotatable bonds is 4. The van der Waals surface area contributed by atoms with Gasteiger partial charge in [0.2, 0.25) is 5.89 Å². The number of nitrogens with zero attached hydrogens (tertiary/aromatic N) is 3. The summed E-state index contributed by atoms with van der Waals surface area (Å²) in [6.07, 6.45) is 2.56. The Morgan fingerprint density at radius 2 is 2.30 bits per heavy atom. The van der Waals surface area contributed by atoms with Crippen LogP contribution in [0, 0.1) is 6.92 Å². The maximum Gasteiger partial charge on any atom is 0.246 e. The summed E-state index contributed by atoms with van der Waals surface area (Å²) in [6.45, 7) is 5.51. The van der Waals surface area contributed by atoms with Crippen molar-refractivity contribution in [2.75, 3.05) is 19.3 Å². The minimum atomic E-state index is 0. The lowest BCUT2D eigenvalue weighted by atomic mass is 10.1. The molecular formula is C12H22IN5OS. The van der Waals surface area contributed by atoms with Crippen LogP contribution >= 0.6 is 35.7 Å². The number of nitrogens with one attached hydrogen (secondary N) is 2. The Labute approximate surface area is 141 Å². The third kappa shape index (κ3) is 5.12. The van der Waals surface area contributed by atoms with Gasteiger partial charge in [0.05, 0.1) is 6.54 Å². The van der Waals surface area contributed by atoms with Gasteiger partial charge in [-0.2, -0.15) is 16.7 Å². The highest BCUT2D eigenvalue weighted by molar-refractivity contribution is 14.0. The van der Waals surface area contributed by atoms with Crippen LogP contribution in [0.3, 0.4) is 0 Å². The Balaban J connectivity index is 0.00000200. The van der Waals surface area contributed by atoms with Crippen molar-refractivity contribution in [2.24, 2.45) is 4.99 Å². The van der Waals surface area contributed by atoms with Gasteiger partial charge in [-0.15, -0.1) is 24.0 Å². The molecule has 8 heteroatoms. The van der Waals surface area contributed by atoms with Crippen LogP contribution in [-0.2, 0) is 6.54 Å². The van der Waals surface area contributed by atoms with Crippen molar-refractivity contribution in [2.45, 2.75) is 38.0 Å². The van der Waals surface area contributed by atoms with Crippen LogP contribution in [0.25, 0.3) is 0 Å². The molecule has 0 spiro atoms. The fraction of sp³-hybridized carbons (Fsp3) is 0.750. The summed E-state index contributed by atoms with van der Waals surface area (Å²) in [6, 6.07) is 0. The van der Waals surface area contributed by atoms with Crippen LogP contribution in [0.4, 0.5) is 0 Å². The van der Waals surface area contributed by atoms with Gasteiger partial charge in [-0.3, -0.25) is 4.99 Å². The van der Waals surface area contributed by atoms with Crippen LogP contribution in [0.1, 0.15) is 31.5 Å². The van der Waals surface area contributed by atoms with E-state index in [-0.39, 0.29) is 24.0 Å². The van der Waals surface area contributed by atoms with Crippen LogP contribution < -0.4 is 10.6 Å². The molecule has 0 aromatic carbocycles. The Bertz CT molecular complexity index is 445. The lowest BCUT2D eigenvalue weighted by Crippen LogP contribution is -2.43. The maximum absolute atomic E-state index is 5.05. The molecule has 2 heterocycles. The minimum Gasteiger partial charge on any atom is -0.355 e. The first-order valence-corrected chi connectivity index (χ1v) is 7.47. The monoisotopic (exact) mass is 411 g/mol. The van der Waals surface area contributed by atoms with Crippen molar-refractivity contribution >= 4 is 41.7 Å². The Morgan fingerprint density at radius 3 is 2.85 bits per heavy atom. The second-order valence-corrected chi connectivity index (χ2v) is 6.60. The molecule has 6 nitrogen and oxygen atoms in total. The fourth-order valence-electron chi connectivity index (χ4n) is 2.04. The molecule has 1 aliphatic heterocycles. The summed E-state index contributed by atoms with van der Waals surface area (Å²) in [5, 5.41) is 10.3. The van der Waals surface area contributed by atoms with E-state index in [0.29, 0.717) is 23.0 Å². The zero-order chi connectivity index (χ0) is 13.7. The van der Waals surface area contributed by atoms with Gasteiger partial charge in [-0.25, -0.2) is 0 Å². The van der Waals surface area contributed by atoms with Gasteiger partial charge >= 0.3 is 0 Å². The highest BCUT2D eigenvalue weighted by Crippen LogP contribution is 2.36. The smallest absolute Gasteiger partial charge is 0.246 e. The van der Waals surface area contributed by atoms with Gasteiger partial charge in [0.15, 0.2) is 11.8 Å². The second-order valence-electron chi connectivity index (χ2n) is 4.92. The first-order valence-electron chi connectivity index (χ1n) is 6.49. The molecular weight excluding hydrogens is 389 g/mol. The van der Waals surface area contributed by atoms with E-state index in [2.05, 4.69) is 32.7 Å². The lowest BCUT2D eigenvalue weighted by molar-refractivity contribution is 0.371. The second kappa shape index (κ2) is 8.06. The van der Waals surface area contributed by atoms with E-state index < -0.39 is 0 Å². The number of aromatic nitrogens is 2. The first-order chi connectivity index (χ1) is 9.11. The van der Waals surface area contributed by atoms with Crippen LogP contribution in [0.5, 0.6) is 0 Å².